The molecule has 19 heavy (non-hydrogen) atoms. The first kappa shape index (κ1) is 14.7. The Morgan fingerprint density at radius 3 is 2.53 bits per heavy atom. The van der Waals surface area contributed by atoms with E-state index in [0.717, 1.165) is 25.9 Å². The minimum Gasteiger partial charge on any atom is -0.387 e. The van der Waals surface area contributed by atoms with E-state index in [1.165, 1.54) is 0 Å². The molecule has 0 aromatic heterocycles. The van der Waals surface area contributed by atoms with Gasteiger partial charge >= 0.3 is 0 Å². The van der Waals surface area contributed by atoms with Crippen molar-refractivity contribution in [3.05, 3.63) is 0 Å². The second-order valence-corrected chi connectivity index (χ2v) is 5.55. The van der Waals surface area contributed by atoms with Crippen molar-refractivity contribution in [2.75, 3.05) is 19.7 Å². The molecule has 6 heteroatoms. The number of hydrogen-bond acceptors (Lipinski definition) is 3. The van der Waals surface area contributed by atoms with Crippen molar-refractivity contribution in [1.82, 2.24) is 10.2 Å². The van der Waals surface area contributed by atoms with E-state index in [2.05, 4.69) is 5.32 Å². The average Bonchev–Trinajstić information content (AvgIpc) is 2.39. The third kappa shape index (κ3) is 3.63. The van der Waals surface area contributed by atoms with Crippen LogP contribution in [0.25, 0.3) is 0 Å². The predicted octanol–water partition coefficient (Wildman–Crippen LogP) is 1.14. The van der Waals surface area contributed by atoms with Gasteiger partial charge < -0.3 is 15.3 Å². The molecule has 1 saturated heterocycles. The second kappa shape index (κ2) is 6.13. The summed E-state index contributed by atoms with van der Waals surface area (Å²) in [6.07, 6.45) is 2.25. The molecular weight excluding hydrogens is 254 g/mol. The fraction of sp³-hybridized carbons (Fsp3) is 0.923. The van der Waals surface area contributed by atoms with E-state index in [-0.39, 0.29) is 18.9 Å². The number of piperidine rings is 1. The molecule has 1 amide bonds. The number of rotatable bonds is 3. The molecule has 1 atom stereocenters. The minimum atomic E-state index is -2.68. The number of amides is 1. The van der Waals surface area contributed by atoms with Crippen LogP contribution in [0.15, 0.2) is 0 Å². The number of nitrogens with zero attached hydrogens (tertiary/aromatic N) is 1. The number of carbonyl (C=O) groups excluding carboxylic acids is 1. The van der Waals surface area contributed by atoms with Crippen molar-refractivity contribution < 1.29 is 18.7 Å². The summed E-state index contributed by atoms with van der Waals surface area (Å²) < 4.78 is 27.1. The van der Waals surface area contributed by atoms with Crippen LogP contribution < -0.4 is 5.32 Å². The normalized spacial score (nSPS) is 28.1. The van der Waals surface area contributed by atoms with Crippen molar-refractivity contribution in [3.63, 3.8) is 0 Å². The molecule has 2 N–H and O–H groups in total. The highest BCUT2D eigenvalue weighted by Crippen LogP contribution is 2.36. The lowest BCUT2D eigenvalue weighted by atomic mass is 9.89. The van der Waals surface area contributed by atoms with Gasteiger partial charge in [-0.2, -0.15) is 0 Å². The van der Waals surface area contributed by atoms with Crippen molar-refractivity contribution in [3.8, 4) is 0 Å². The number of aliphatic hydroxyl groups is 1. The molecule has 0 aromatic rings. The highest BCUT2D eigenvalue weighted by molar-refractivity contribution is 5.78. The first-order chi connectivity index (χ1) is 9.03. The maximum absolute atomic E-state index is 13.5. The molecule has 2 rings (SSSR count). The Kier molecular flexibility index (Phi) is 4.73. The fourth-order valence-corrected chi connectivity index (χ4v) is 3.25. The summed E-state index contributed by atoms with van der Waals surface area (Å²) in [7, 11) is 0. The van der Waals surface area contributed by atoms with E-state index in [9.17, 15) is 13.6 Å². The van der Waals surface area contributed by atoms with E-state index in [1.54, 1.807) is 4.90 Å². The number of hydrogen-bond donors (Lipinski definition) is 2. The highest BCUT2D eigenvalue weighted by Gasteiger charge is 2.41. The molecule has 0 bridgehead atoms. The minimum absolute atomic E-state index is 0.0141. The molecule has 1 heterocycles. The van der Waals surface area contributed by atoms with Gasteiger partial charge in [0, 0.05) is 24.9 Å². The topological polar surface area (TPSA) is 52.6 Å². The number of aliphatic hydroxyl groups excluding tert-OH is 1. The molecule has 2 fully saturated rings. The van der Waals surface area contributed by atoms with Crippen LogP contribution in [-0.2, 0) is 4.79 Å². The van der Waals surface area contributed by atoms with Gasteiger partial charge in [0.1, 0.15) is 6.61 Å². The van der Waals surface area contributed by atoms with Gasteiger partial charge in [0.25, 0.3) is 0 Å². The first-order valence-corrected chi connectivity index (χ1v) is 7.04. The Hall–Kier alpha value is -0.750. The van der Waals surface area contributed by atoms with Gasteiger partial charge in [-0.1, -0.05) is 0 Å². The van der Waals surface area contributed by atoms with Crippen molar-refractivity contribution in [2.24, 2.45) is 0 Å². The zero-order chi connectivity index (χ0) is 13.9. The smallest absolute Gasteiger partial charge is 0.250 e. The lowest BCUT2D eigenvalue weighted by molar-refractivity contribution is -0.145. The maximum Gasteiger partial charge on any atom is 0.250 e. The molecular formula is C13H22F2N2O2. The molecule has 1 aliphatic heterocycles. The highest BCUT2D eigenvalue weighted by atomic mass is 19.3. The van der Waals surface area contributed by atoms with Crippen molar-refractivity contribution in [2.45, 2.75) is 56.5 Å². The zero-order valence-electron chi connectivity index (χ0n) is 11.1. The van der Waals surface area contributed by atoms with Crippen LogP contribution in [0.1, 0.15) is 38.5 Å². The summed E-state index contributed by atoms with van der Waals surface area (Å²) in [6, 6.07) is -0.439. The Bertz CT molecular complexity index is 320. The van der Waals surface area contributed by atoms with Crippen LogP contribution in [0.3, 0.4) is 0 Å². The summed E-state index contributed by atoms with van der Waals surface area (Å²) >= 11 is 0. The number of carbonyl (C=O) groups is 1. The zero-order valence-corrected chi connectivity index (χ0v) is 11.1. The summed E-state index contributed by atoms with van der Waals surface area (Å²) in [6.45, 7) is 0.998. The van der Waals surface area contributed by atoms with E-state index in [4.69, 9.17) is 5.11 Å². The van der Waals surface area contributed by atoms with Crippen LogP contribution in [0, 0.1) is 0 Å². The molecule has 110 valence electrons. The summed E-state index contributed by atoms with van der Waals surface area (Å²) in [5.41, 5.74) is 0. The van der Waals surface area contributed by atoms with Gasteiger partial charge in [0.2, 0.25) is 11.8 Å². The molecule has 1 aliphatic carbocycles. The number of alkyl halides is 2. The van der Waals surface area contributed by atoms with Gasteiger partial charge in [-0.25, -0.2) is 8.78 Å². The predicted molar refractivity (Wildman–Crippen MR) is 67.0 cm³/mol. The molecule has 1 saturated carbocycles. The largest absolute Gasteiger partial charge is 0.387 e. The van der Waals surface area contributed by atoms with E-state index in [1.807, 2.05) is 0 Å². The molecule has 1 unspecified atom stereocenters. The Morgan fingerprint density at radius 1 is 1.26 bits per heavy atom. The molecule has 0 aromatic carbocycles. The molecule has 4 nitrogen and oxygen atoms in total. The quantitative estimate of drug-likeness (QED) is 0.812. The van der Waals surface area contributed by atoms with Crippen LogP contribution in [0.5, 0.6) is 0 Å². The summed E-state index contributed by atoms with van der Waals surface area (Å²) in [5, 5.41) is 12.3. The van der Waals surface area contributed by atoms with E-state index in [0.29, 0.717) is 12.8 Å². The summed E-state index contributed by atoms with van der Waals surface area (Å²) in [4.78, 5) is 13.5. The van der Waals surface area contributed by atoms with Crippen LogP contribution in [0.2, 0.25) is 0 Å². The Morgan fingerprint density at radius 2 is 1.95 bits per heavy atom. The van der Waals surface area contributed by atoms with Gasteiger partial charge in [-0.3, -0.25) is 4.79 Å². The van der Waals surface area contributed by atoms with Gasteiger partial charge in [-0.05, 0) is 38.8 Å². The van der Waals surface area contributed by atoms with Crippen molar-refractivity contribution >= 4 is 5.91 Å². The van der Waals surface area contributed by atoms with Crippen LogP contribution >= 0.6 is 0 Å². The maximum atomic E-state index is 13.5. The third-order valence-electron chi connectivity index (χ3n) is 4.13. The summed E-state index contributed by atoms with van der Waals surface area (Å²) in [5.74, 6) is -3.08. The molecule has 2 aliphatic rings. The van der Waals surface area contributed by atoms with Crippen LogP contribution in [-0.4, -0.2) is 53.6 Å². The number of halogens is 2. The number of nitrogens with one attached hydrogen (secondary N) is 1. The molecule has 0 spiro atoms. The Balaban J connectivity index is 2.10. The van der Waals surface area contributed by atoms with E-state index >= 15 is 0 Å². The lowest BCUT2D eigenvalue weighted by Crippen LogP contribution is -2.54. The Labute approximate surface area is 112 Å². The first-order valence-electron chi connectivity index (χ1n) is 7.04. The van der Waals surface area contributed by atoms with Crippen LogP contribution in [0.4, 0.5) is 8.78 Å². The average molecular weight is 276 g/mol. The monoisotopic (exact) mass is 276 g/mol. The van der Waals surface area contributed by atoms with Gasteiger partial charge in [0.15, 0.2) is 0 Å². The third-order valence-corrected chi connectivity index (χ3v) is 4.13. The van der Waals surface area contributed by atoms with Crippen molar-refractivity contribution in [1.29, 1.82) is 0 Å². The van der Waals surface area contributed by atoms with Gasteiger partial charge in [0.05, 0.1) is 0 Å². The fourth-order valence-electron chi connectivity index (χ4n) is 3.25. The standard InChI is InChI=1S/C13H22F2N2O2/c14-13(15)5-1-2-11(8-13)17(12(19)9-18)10-3-6-16-7-4-10/h10-11,16,18H,1-9H2. The lowest BCUT2D eigenvalue weighted by Gasteiger charge is -2.43. The van der Waals surface area contributed by atoms with Gasteiger partial charge in [-0.15, -0.1) is 0 Å². The SMILES string of the molecule is O=C(CO)N(C1CCNCC1)C1CCCC(F)(F)C1. The molecule has 0 radical (unpaired) electrons. The van der Waals surface area contributed by atoms with E-state index < -0.39 is 24.5 Å². The second-order valence-electron chi connectivity index (χ2n) is 5.55.